The van der Waals surface area contributed by atoms with E-state index in [2.05, 4.69) is 97.1 Å². The molecule has 0 saturated carbocycles. The van der Waals surface area contributed by atoms with E-state index in [0.717, 1.165) is 17.5 Å². The molecule has 0 aliphatic carbocycles. The van der Waals surface area contributed by atoms with Crippen LogP contribution in [0.15, 0.2) is 103 Å². The van der Waals surface area contributed by atoms with Gasteiger partial charge in [0.15, 0.2) is 11.5 Å². The lowest BCUT2D eigenvalue weighted by Crippen LogP contribution is -2.32. The van der Waals surface area contributed by atoms with Crippen molar-refractivity contribution in [3.05, 3.63) is 109 Å². The molecule has 3 nitrogen and oxygen atoms in total. The van der Waals surface area contributed by atoms with Gasteiger partial charge in [0.2, 0.25) is 0 Å². The molecule has 0 aliphatic rings. The van der Waals surface area contributed by atoms with Crippen LogP contribution in [-0.2, 0) is 6.16 Å². The number of hydrogen-bond acceptors (Lipinski definition) is 3. The van der Waals surface area contributed by atoms with E-state index in [4.69, 9.17) is 14.2 Å². The van der Waals surface area contributed by atoms with Crippen molar-refractivity contribution >= 4 is 23.2 Å². The van der Waals surface area contributed by atoms with Crippen molar-refractivity contribution in [2.45, 2.75) is 6.16 Å². The van der Waals surface area contributed by atoms with Crippen LogP contribution in [0.4, 0.5) is 0 Å². The summed E-state index contributed by atoms with van der Waals surface area (Å²) in [5.74, 6) is 2.17. The lowest BCUT2D eigenvalue weighted by atomic mass is 10.2. The van der Waals surface area contributed by atoms with Gasteiger partial charge in [-0.05, 0) is 42.5 Å². The van der Waals surface area contributed by atoms with E-state index >= 15 is 0 Å². The Bertz CT molecular complexity index is 1050. The fourth-order valence-corrected chi connectivity index (χ4v) is 8.48. The van der Waals surface area contributed by atoms with Crippen LogP contribution in [0, 0.1) is 0 Å². The molecule has 0 spiro atoms. The van der Waals surface area contributed by atoms with Crippen LogP contribution in [0.2, 0.25) is 0 Å². The zero-order chi connectivity index (χ0) is 22.4. The Morgan fingerprint density at radius 3 is 1.25 bits per heavy atom. The number of hydrogen-bond donors (Lipinski definition) is 0. The Hall–Kier alpha value is -3.29. The molecular weight excluding hydrogens is 415 g/mol. The summed E-state index contributed by atoms with van der Waals surface area (Å²) in [5, 5.41) is 3.98. The topological polar surface area (TPSA) is 27.7 Å². The normalized spacial score (nSPS) is 11.1. The van der Waals surface area contributed by atoms with Gasteiger partial charge in [-0.25, -0.2) is 0 Å². The third kappa shape index (κ3) is 4.09. The van der Waals surface area contributed by atoms with Gasteiger partial charge in [0.05, 0.1) is 21.3 Å². The summed E-state index contributed by atoms with van der Waals surface area (Å²) in [6, 6.07) is 36.5. The zero-order valence-electron chi connectivity index (χ0n) is 18.7. The van der Waals surface area contributed by atoms with E-state index < -0.39 is 7.26 Å². The van der Waals surface area contributed by atoms with Crippen LogP contribution in [0.1, 0.15) is 5.56 Å². The highest BCUT2D eigenvalue weighted by molar-refractivity contribution is 7.95. The van der Waals surface area contributed by atoms with Crippen molar-refractivity contribution < 1.29 is 14.2 Å². The smallest absolute Gasteiger partial charge is 0.164 e. The Morgan fingerprint density at radius 1 is 0.500 bits per heavy atom. The minimum atomic E-state index is -2.05. The number of ether oxygens (including phenoxy) is 3. The molecule has 162 valence electrons. The van der Waals surface area contributed by atoms with E-state index in [1.165, 1.54) is 15.9 Å². The summed E-state index contributed by atoms with van der Waals surface area (Å²) in [5.41, 5.74) is 1.09. The maximum absolute atomic E-state index is 5.82. The Labute approximate surface area is 190 Å². The molecule has 0 unspecified atom stereocenters. The van der Waals surface area contributed by atoms with E-state index in [1.54, 1.807) is 21.3 Å². The Morgan fingerprint density at radius 2 is 0.875 bits per heavy atom. The summed E-state index contributed by atoms with van der Waals surface area (Å²) in [7, 11) is 2.97. The van der Waals surface area contributed by atoms with Crippen molar-refractivity contribution in [1.82, 2.24) is 0 Å². The monoisotopic (exact) mass is 443 g/mol. The molecular formula is C28H28O3P+. The summed E-state index contributed by atoms with van der Waals surface area (Å²) in [6.45, 7) is 0. The van der Waals surface area contributed by atoms with E-state index in [0.29, 0.717) is 11.5 Å². The van der Waals surface area contributed by atoms with E-state index in [-0.39, 0.29) is 0 Å². The van der Waals surface area contributed by atoms with Crippen molar-refractivity contribution in [2.75, 3.05) is 21.3 Å². The Balaban J connectivity index is 2.01. The van der Waals surface area contributed by atoms with Gasteiger partial charge in [-0.15, -0.1) is 0 Å². The van der Waals surface area contributed by atoms with Gasteiger partial charge in [0.1, 0.15) is 35.1 Å². The summed E-state index contributed by atoms with van der Waals surface area (Å²) in [6.07, 6.45) is 0.800. The van der Waals surface area contributed by atoms with Crippen LogP contribution < -0.4 is 30.1 Å². The molecule has 0 N–H and O–H groups in total. The van der Waals surface area contributed by atoms with Crippen molar-refractivity contribution in [3.63, 3.8) is 0 Å². The average Bonchev–Trinajstić information content (AvgIpc) is 2.88. The first-order chi connectivity index (χ1) is 15.7. The highest BCUT2D eigenvalue weighted by Gasteiger charge is 2.46. The SMILES string of the molecule is COc1cc(OC)c(OC)cc1C[P+](c1ccccc1)(c1ccccc1)c1ccccc1. The highest BCUT2D eigenvalue weighted by Crippen LogP contribution is 2.59. The van der Waals surface area contributed by atoms with Gasteiger partial charge in [0.25, 0.3) is 0 Å². The zero-order valence-corrected chi connectivity index (χ0v) is 19.6. The van der Waals surface area contributed by atoms with Gasteiger partial charge in [-0.3, -0.25) is 0 Å². The highest BCUT2D eigenvalue weighted by atomic mass is 31.2. The molecule has 0 aliphatic heterocycles. The van der Waals surface area contributed by atoms with Crippen LogP contribution in [-0.4, -0.2) is 21.3 Å². The van der Waals surface area contributed by atoms with E-state index in [1.807, 2.05) is 6.07 Å². The molecule has 0 fully saturated rings. The molecule has 0 radical (unpaired) electrons. The summed E-state index contributed by atoms with van der Waals surface area (Å²) in [4.78, 5) is 0. The Kier molecular flexibility index (Phi) is 6.78. The molecule has 0 bridgehead atoms. The van der Waals surface area contributed by atoms with Gasteiger partial charge in [0, 0.05) is 11.6 Å². The standard InChI is InChI=1S/C28H28O3P/c1-29-26-20-28(31-3)27(30-2)19-22(26)21-32(23-13-7-4-8-14-23,24-15-9-5-10-16-24)25-17-11-6-12-18-25/h4-20H,21H2,1-3H3/q+1. The molecule has 0 amide bonds. The van der Waals surface area contributed by atoms with Gasteiger partial charge >= 0.3 is 0 Å². The van der Waals surface area contributed by atoms with Gasteiger partial charge in [-0.1, -0.05) is 54.6 Å². The third-order valence-electron chi connectivity index (χ3n) is 5.79. The molecule has 32 heavy (non-hydrogen) atoms. The quantitative estimate of drug-likeness (QED) is 0.350. The van der Waals surface area contributed by atoms with Crippen LogP contribution in [0.25, 0.3) is 0 Å². The molecule has 4 aromatic carbocycles. The predicted octanol–water partition coefficient (Wildman–Crippen LogP) is 5.21. The van der Waals surface area contributed by atoms with Crippen molar-refractivity contribution in [3.8, 4) is 17.2 Å². The fraction of sp³-hybridized carbons (Fsp3) is 0.143. The molecule has 4 rings (SSSR count). The van der Waals surface area contributed by atoms with Crippen LogP contribution in [0.3, 0.4) is 0 Å². The number of methoxy groups -OCH3 is 3. The summed E-state index contributed by atoms with van der Waals surface area (Å²) >= 11 is 0. The minimum absolute atomic E-state index is 0.663. The second kappa shape index (κ2) is 9.89. The molecule has 0 saturated heterocycles. The van der Waals surface area contributed by atoms with Gasteiger partial charge < -0.3 is 14.2 Å². The van der Waals surface area contributed by atoms with E-state index in [9.17, 15) is 0 Å². The second-order valence-electron chi connectivity index (χ2n) is 7.49. The molecule has 4 aromatic rings. The maximum Gasteiger partial charge on any atom is 0.164 e. The lowest BCUT2D eigenvalue weighted by molar-refractivity contribution is 0.348. The largest absolute Gasteiger partial charge is 0.496 e. The van der Waals surface area contributed by atoms with Crippen molar-refractivity contribution in [1.29, 1.82) is 0 Å². The molecule has 4 heteroatoms. The minimum Gasteiger partial charge on any atom is -0.496 e. The van der Waals surface area contributed by atoms with Gasteiger partial charge in [-0.2, -0.15) is 0 Å². The first-order valence-electron chi connectivity index (χ1n) is 10.6. The third-order valence-corrected chi connectivity index (χ3v) is 10.1. The first kappa shape index (κ1) is 21.9. The molecule has 0 aromatic heterocycles. The number of benzene rings is 4. The number of rotatable bonds is 8. The van der Waals surface area contributed by atoms with Crippen LogP contribution >= 0.6 is 7.26 Å². The second-order valence-corrected chi connectivity index (χ2v) is 11.0. The predicted molar refractivity (Wildman–Crippen MR) is 135 cm³/mol. The van der Waals surface area contributed by atoms with Crippen molar-refractivity contribution in [2.24, 2.45) is 0 Å². The van der Waals surface area contributed by atoms with Crippen LogP contribution in [0.5, 0.6) is 17.2 Å². The first-order valence-corrected chi connectivity index (χ1v) is 12.5. The average molecular weight is 444 g/mol. The fourth-order valence-electron chi connectivity index (χ4n) is 4.24. The summed E-state index contributed by atoms with van der Waals surface area (Å²) < 4.78 is 17.0. The molecule has 0 heterocycles. The maximum atomic E-state index is 5.82. The lowest BCUT2D eigenvalue weighted by Gasteiger charge is -2.28. The molecule has 0 atom stereocenters.